The first kappa shape index (κ1) is 16.6. The summed E-state index contributed by atoms with van der Waals surface area (Å²) in [6.45, 7) is 0.137. The van der Waals surface area contributed by atoms with E-state index in [-0.39, 0.29) is 12.4 Å². The van der Waals surface area contributed by atoms with Gasteiger partial charge in [-0.05, 0) is 17.1 Å². The largest absolute Gasteiger partial charge is 0.416 e. The van der Waals surface area contributed by atoms with Crippen LogP contribution in [0.1, 0.15) is 11.4 Å². The predicted octanol–water partition coefficient (Wildman–Crippen LogP) is 2.65. The van der Waals surface area contributed by atoms with Gasteiger partial charge >= 0.3 is 12.0 Å². The van der Waals surface area contributed by atoms with E-state index < -0.39 is 16.7 Å². The molecule has 0 saturated heterocycles. The van der Waals surface area contributed by atoms with Crippen molar-refractivity contribution in [1.29, 1.82) is 0 Å². The molecule has 3 aromatic rings. The highest BCUT2D eigenvalue weighted by molar-refractivity contribution is 5.58. The molecular weight excluding hydrogens is 341 g/mol. The fourth-order valence-corrected chi connectivity index (χ4v) is 2.24. The molecule has 0 unspecified atom stereocenters. The summed E-state index contributed by atoms with van der Waals surface area (Å²) in [6.07, 6.45) is -1.73. The van der Waals surface area contributed by atoms with Gasteiger partial charge in [-0.3, -0.25) is 0 Å². The lowest BCUT2D eigenvalue weighted by atomic mass is 10.1. The molecule has 0 radical (unpaired) electrons. The second-order valence-corrected chi connectivity index (χ2v) is 5.23. The molecule has 0 fully saturated rings. The Kier molecular flexibility index (Phi) is 3.99. The van der Waals surface area contributed by atoms with E-state index in [1.165, 1.54) is 34.6 Å². The second kappa shape index (κ2) is 6.00. The maximum atomic E-state index is 12.6. The minimum absolute atomic E-state index is 0.137. The molecule has 0 aliphatic rings. The first-order valence-corrected chi connectivity index (χ1v) is 6.98. The van der Waals surface area contributed by atoms with Gasteiger partial charge in [0.2, 0.25) is 5.82 Å². The van der Waals surface area contributed by atoms with Crippen molar-refractivity contribution in [2.45, 2.75) is 12.7 Å². The molecule has 11 heteroatoms. The van der Waals surface area contributed by atoms with Crippen LogP contribution in [0.15, 0.2) is 36.7 Å². The van der Waals surface area contributed by atoms with Gasteiger partial charge in [0.15, 0.2) is 0 Å². The van der Waals surface area contributed by atoms with Crippen LogP contribution in [0.3, 0.4) is 0 Å². The summed E-state index contributed by atoms with van der Waals surface area (Å²) in [5, 5.41) is 18.6. The fraction of sp³-hybridized carbons (Fsp3) is 0.214. The molecule has 2 heterocycles. The molecule has 0 saturated carbocycles. The van der Waals surface area contributed by atoms with Crippen molar-refractivity contribution in [1.82, 2.24) is 24.5 Å². The van der Waals surface area contributed by atoms with Crippen molar-refractivity contribution >= 4 is 5.82 Å². The summed E-state index contributed by atoms with van der Waals surface area (Å²) in [5.41, 5.74) is 0.117. The predicted molar refractivity (Wildman–Crippen MR) is 79.4 cm³/mol. The van der Waals surface area contributed by atoms with Crippen LogP contribution >= 0.6 is 0 Å². The van der Waals surface area contributed by atoms with Crippen LogP contribution in [0.2, 0.25) is 0 Å². The molecule has 0 bridgehead atoms. The minimum atomic E-state index is -4.40. The Morgan fingerprint density at radius 1 is 1.24 bits per heavy atom. The lowest BCUT2D eigenvalue weighted by molar-refractivity contribution is -0.391. The molecular formula is C14H11F3N6O2. The Morgan fingerprint density at radius 2 is 1.92 bits per heavy atom. The van der Waals surface area contributed by atoms with E-state index >= 15 is 0 Å². The van der Waals surface area contributed by atoms with Crippen molar-refractivity contribution in [3.63, 3.8) is 0 Å². The number of nitro groups is 1. The van der Waals surface area contributed by atoms with E-state index in [0.29, 0.717) is 17.1 Å². The van der Waals surface area contributed by atoms with Gasteiger partial charge in [0.25, 0.3) is 0 Å². The summed E-state index contributed by atoms with van der Waals surface area (Å²) < 4.78 is 40.4. The highest BCUT2D eigenvalue weighted by atomic mass is 19.4. The van der Waals surface area contributed by atoms with Crippen LogP contribution in [-0.2, 0) is 19.8 Å². The van der Waals surface area contributed by atoms with Crippen molar-refractivity contribution in [2.24, 2.45) is 7.05 Å². The van der Waals surface area contributed by atoms with Crippen LogP contribution < -0.4 is 0 Å². The van der Waals surface area contributed by atoms with Gasteiger partial charge in [-0.25, -0.2) is 14.2 Å². The number of benzene rings is 1. The van der Waals surface area contributed by atoms with Gasteiger partial charge in [0, 0.05) is 5.56 Å². The summed E-state index contributed by atoms with van der Waals surface area (Å²) in [4.78, 5) is 14.2. The Labute approximate surface area is 138 Å². The van der Waals surface area contributed by atoms with Crippen molar-refractivity contribution in [2.75, 3.05) is 0 Å². The Bertz CT molecular complexity index is 914. The fourth-order valence-electron chi connectivity index (χ4n) is 2.24. The molecule has 0 aliphatic heterocycles. The highest BCUT2D eigenvalue weighted by Gasteiger charge is 2.30. The Balaban J connectivity index is 1.80. The average molecular weight is 352 g/mol. The number of nitrogens with zero attached hydrogens (tertiary/aromatic N) is 6. The standard InChI is InChI=1S/C14H11F3N6O2/c1-21-12(18-6-13(21)23(24)25)8-22-7-11(19-20-22)9-2-4-10(5-3-9)14(15,16)17/h2-7H,8H2,1H3. The molecule has 0 spiro atoms. The molecule has 0 atom stereocenters. The third-order valence-electron chi connectivity index (χ3n) is 3.60. The van der Waals surface area contributed by atoms with E-state index in [4.69, 9.17) is 0 Å². The Hall–Kier alpha value is -3.24. The molecule has 1 aromatic carbocycles. The lowest BCUT2D eigenvalue weighted by Crippen LogP contribution is -2.08. The maximum absolute atomic E-state index is 12.6. The van der Waals surface area contributed by atoms with Crippen LogP contribution in [0.25, 0.3) is 11.3 Å². The first-order chi connectivity index (χ1) is 11.8. The minimum Gasteiger partial charge on any atom is -0.358 e. The van der Waals surface area contributed by atoms with E-state index in [1.807, 2.05) is 0 Å². The van der Waals surface area contributed by atoms with Crippen molar-refractivity contribution in [3.8, 4) is 11.3 Å². The number of rotatable bonds is 4. The van der Waals surface area contributed by atoms with E-state index in [9.17, 15) is 23.3 Å². The normalized spacial score (nSPS) is 11.7. The molecule has 2 aromatic heterocycles. The Morgan fingerprint density at radius 3 is 2.48 bits per heavy atom. The molecule has 130 valence electrons. The molecule has 0 amide bonds. The van der Waals surface area contributed by atoms with Crippen LogP contribution in [0.4, 0.5) is 19.0 Å². The van der Waals surface area contributed by atoms with E-state index in [0.717, 1.165) is 18.3 Å². The number of hydrogen-bond donors (Lipinski definition) is 0. The highest BCUT2D eigenvalue weighted by Crippen LogP contribution is 2.30. The van der Waals surface area contributed by atoms with Gasteiger partial charge in [0.05, 0.1) is 18.8 Å². The van der Waals surface area contributed by atoms with Crippen LogP contribution in [0.5, 0.6) is 0 Å². The van der Waals surface area contributed by atoms with Gasteiger partial charge in [-0.2, -0.15) is 13.2 Å². The topological polar surface area (TPSA) is 91.7 Å². The monoisotopic (exact) mass is 352 g/mol. The first-order valence-electron chi connectivity index (χ1n) is 6.98. The summed E-state index contributed by atoms with van der Waals surface area (Å²) >= 11 is 0. The van der Waals surface area contributed by atoms with Gasteiger partial charge in [-0.15, -0.1) is 5.10 Å². The third kappa shape index (κ3) is 3.34. The molecule has 0 N–H and O–H groups in total. The van der Waals surface area contributed by atoms with Gasteiger partial charge in [0.1, 0.15) is 18.4 Å². The van der Waals surface area contributed by atoms with Crippen LogP contribution in [0, 0.1) is 10.1 Å². The summed E-state index contributed by atoms with van der Waals surface area (Å²) in [7, 11) is 1.51. The maximum Gasteiger partial charge on any atom is 0.416 e. The molecule has 3 rings (SSSR count). The zero-order valence-corrected chi connectivity index (χ0v) is 12.8. The number of alkyl halides is 3. The lowest BCUT2D eigenvalue weighted by Gasteiger charge is -2.06. The summed E-state index contributed by atoms with van der Waals surface area (Å²) in [6, 6.07) is 4.55. The second-order valence-electron chi connectivity index (χ2n) is 5.23. The van der Waals surface area contributed by atoms with E-state index in [1.54, 1.807) is 0 Å². The number of halogens is 3. The SMILES string of the molecule is Cn1c([N+](=O)[O-])cnc1Cn1cc(-c2ccc(C(F)(F)F)cc2)nn1. The van der Waals surface area contributed by atoms with E-state index in [2.05, 4.69) is 15.3 Å². The number of hydrogen-bond acceptors (Lipinski definition) is 5. The molecule has 25 heavy (non-hydrogen) atoms. The van der Waals surface area contributed by atoms with Gasteiger partial charge < -0.3 is 10.1 Å². The quantitative estimate of drug-likeness (QED) is 0.532. The third-order valence-corrected chi connectivity index (χ3v) is 3.60. The number of imidazole rings is 1. The van der Waals surface area contributed by atoms with Crippen molar-refractivity contribution < 1.29 is 18.1 Å². The van der Waals surface area contributed by atoms with Gasteiger partial charge in [-0.1, -0.05) is 17.3 Å². The smallest absolute Gasteiger partial charge is 0.358 e. The zero-order valence-electron chi connectivity index (χ0n) is 12.8. The summed E-state index contributed by atoms with van der Waals surface area (Å²) in [5.74, 6) is 0.244. The number of aromatic nitrogens is 5. The average Bonchev–Trinajstić information content (AvgIpc) is 3.15. The van der Waals surface area contributed by atoms with Crippen molar-refractivity contribution in [3.05, 3.63) is 58.2 Å². The molecule has 0 aliphatic carbocycles. The molecule has 8 nitrogen and oxygen atoms in total. The van der Waals surface area contributed by atoms with Crippen LogP contribution in [-0.4, -0.2) is 29.5 Å². The zero-order chi connectivity index (χ0) is 18.2.